The molecule has 1 saturated heterocycles. The van der Waals surface area contributed by atoms with Crippen molar-refractivity contribution in [3.8, 4) is 0 Å². The van der Waals surface area contributed by atoms with E-state index in [1.807, 2.05) is 7.05 Å². The van der Waals surface area contributed by atoms with Crippen LogP contribution < -0.4 is 10.2 Å². The van der Waals surface area contributed by atoms with Crippen molar-refractivity contribution in [2.24, 2.45) is 11.8 Å². The van der Waals surface area contributed by atoms with Gasteiger partial charge in [0.25, 0.3) is 0 Å². The first-order valence-corrected chi connectivity index (χ1v) is 7.58. The smallest absolute Gasteiger partial charge is 0.318 e. The average molecular weight is 301 g/mol. The highest BCUT2D eigenvalue weighted by molar-refractivity contribution is 5.85. The van der Waals surface area contributed by atoms with Crippen LogP contribution in [0.2, 0.25) is 0 Å². The first kappa shape index (κ1) is 15.6. The fourth-order valence-corrected chi connectivity index (χ4v) is 3.55. The van der Waals surface area contributed by atoms with Gasteiger partial charge in [0.1, 0.15) is 0 Å². The van der Waals surface area contributed by atoms with Gasteiger partial charge in [-0.3, -0.25) is 0 Å². The number of hydrogen-bond acceptors (Lipinski definition) is 5. The van der Waals surface area contributed by atoms with Gasteiger partial charge in [-0.2, -0.15) is 0 Å². The van der Waals surface area contributed by atoms with Gasteiger partial charge >= 0.3 is 6.01 Å². The topological polar surface area (TPSA) is 54.2 Å². The van der Waals surface area contributed by atoms with Crippen LogP contribution in [-0.4, -0.2) is 30.3 Å². The molecule has 6 heteroatoms. The van der Waals surface area contributed by atoms with Crippen LogP contribution >= 0.6 is 12.4 Å². The Labute approximate surface area is 126 Å². The maximum Gasteiger partial charge on any atom is 0.318 e. The molecular weight excluding hydrogens is 276 g/mol. The van der Waals surface area contributed by atoms with Crippen LogP contribution in [0.15, 0.2) is 4.42 Å². The predicted octanol–water partition coefficient (Wildman–Crippen LogP) is 2.62. The second-order valence-corrected chi connectivity index (χ2v) is 5.90. The van der Waals surface area contributed by atoms with E-state index in [9.17, 15) is 0 Å². The summed E-state index contributed by atoms with van der Waals surface area (Å²) in [6.45, 7) is 2.82. The zero-order valence-electron chi connectivity index (χ0n) is 12.2. The minimum Gasteiger partial charge on any atom is -0.407 e. The predicted molar refractivity (Wildman–Crippen MR) is 81.2 cm³/mol. The molecule has 1 aliphatic heterocycles. The Morgan fingerprint density at radius 1 is 1.15 bits per heavy atom. The third kappa shape index (κ3) is 3.44. The summed E-state index contributed by atoms with van der Waals surface area (Å²) in [7, 11) is 1.89. The lowest BCUT2D eigenvalue weighted by atomic mass is 9.80. The minimum absolute atomic E-state index is 0. The Bertz CT molecular complexity index is 406. The van der Waals surface area contributed by atoms with Crippen molar-refractivity contribution in [3.63, 3.8) is 0 Å². The second kappa shape index (κ2) is 7.27. The molecule has 0 radical (unpaired) electrons. The standard InChI is InChI=1S/C14H24N4O.ClH/c1-15-9-13-16-17-14(19-13)18-8-7-12(10-18)11-5-3-2-4-6-11;/h11-12,15H,2-10H2,1H3;1H. The first-order valence-electron chi connectivity index (χ1n) is 7.58. The van der Waals surface area contributed by atoms with E-state index < -0.39 is 0 Å². The van der Waals surface area contributed by atoms with Crippen LogP contribution in [0, 0.1) is 11.8 Å². The molecule has 1 unspecified atom stereocenters. The van der Waals surface area contributed by atoms with Crippen molar-refractivity contribution in [2.45, 2.75) is 45.1 Å². The Morgan fingerprint density at radius 3 is 2.70 bits per heavy atom. The molecule has 1 saturated carbocycles. The van der Waals surface area contributed by atoms with Gasteiger partial charge in [0.2, 0.25) is 5.89 Å². The third-order valence-corrected chi connectivity index (χ3v) is 4.60. The van der Waals surface area contributed by atoms with E-state index in [0.29, 0.717) is 18.5 Å². The van der Waals surface area contributed by atoms with Crippen LogP contribution in [0.4, 0.5) is 6.01 Å². The summed E-state index contributed by atoms with van der Waals surface area (Å²) in [5, 5.41) is 11.3. The normalized spacial score (nSPS) is 23.9. The molecule has 0 spiro atoms. The zero-order chi connectivity index (χ0) is 13.1. The lowest BCUT2D eigenvalue weighted by Crippen LogP contribution is -2.24. The van der Waals surface area contributed by atoms with E-state index in [-0.39, 0.29) is 12.4 Å². The fourth-order valence-electron chi connectivity index (χ4n) is 3.55. The van der Waals surface area contributed by atoms with Crippen molar-refractivity contribution in [1.82, 2.24) is 15.5 Å². The molecule has 2 aliphatic rings. The monoisotopic (exact) mass is 300 g/mol. The number of nitrogens with one attached hydrogen (secondary N) is 1. The minimum atomic E-state index is 0. The molecule has 1 N–H and O–H groups in total. The number of aromatic nitrogens is 2. The van der Waals surface area contributed by atoms with Gasteiger partial charge < -0.3 is 14.6 Å². The quantitative estimate of drug-likeness (QED) is 0.926. The molecule has 1 aromatic rings. The summed E-state index contributed by atoms with van der Waals surface area (Å²) in [6.07, 6.45) is 8.42. The van der Waals surface area contributed by atoms with Crippen LogP contribution in [0.3, 0.4) is 0 Å². The third-order valence-electron chi connectivity index (χ3n) is 4.60. The zero-order valence-corrected chi connectivity index (χ0v) is 13.0. The Balaban J connectivity index is 0.00000147. The lowest BCUT2D eigenvalue weighted by Gasteiger charge is -2.27. The summed E-state index contributed by atoms with van der Waals surface area (Å²) in [6, 6.07) is 0.712. The molecule has 1 atom stereocenters. The van der Waals surface area contributed by atoms with Crippen molar-refractivity contribution < 1.29 is 4.42 Å². The average Bonchev–Trinajstić information content (AvgIpc) is 3.08. The molecule has 2 fully saturated rings. The van der Waals surface area contributed by atoms with Crippen LogP contribution in [0.1, 0.15) is 44.4 Å². The molecule has 0 bridgehead atoms. The first-order chi connectivity index (χ1) is 9.36. The van der Waals surface area contributed by atoms with E-state index >= 15 is 0 Å². The van der Waals surface area contributed by atoms with E-state index in [1.165, 1.54) is 38.5 Å². The van der Waals surface area contributed by atoms with Crippen LogP contribution in [0.25, 0.3) is 0 Å². The summed E-state index contributed by atoms with van der Waals surface area (Å²) >= 11 is 0. The summed E-state index contributed by atoms with van der Waals surface area (Å²) in [5.74, 6) is 2.44. The molecule has 0 aromatic carbocycles. The number of anilines is 1. The van der Waals surface area contributed by atoms with E-state index in [4.69, 9.17) is 4.42 Å². The summed E-state index contributed by atoms with van der Waals surface area (Å²) < 4.78 is 5.68. The van der Waals surface area contributed by atoms with E-state index in [2.05, 4.69) is 20.4 Å². The Hall–Kier alpha value is -0.810. The largest absolute Gasteiger partial charge is 0.407 e. The molecule has 114 valence electrons. The molecule has 1 aliphatic carbocycles. The second-order valence-electron chi connectivity index (χ2n) is 5.90. The van der Waals surface area contributed by atoms with Gasteiger partial charge in [0.05, 0.1) is 6.54 Å². The molecule has 0 amide bonds. The van der Waals surface area contributed by atoms with Crippen LogP contribution in [0.5, 0.6) is 0 Å². The highest BCUT2D eigenvalue weighted by Crippen LogP contribution is 2.36. The van der Waals surface area contributed by atoms with Gasteiger partial charge in [-0.15, -0.1) is 17.5 Å². The summed E-state index contributed by atoms with van der Waals surface area (Å²) in [4.78, 5) is 2.27. The van der Waals surface area contributed by atoms with E-state index in [1.54, 1.807) is 0 Å². The SMILES string of the molecule is CNCc1nnc(N2CCC(C3CCCCC3)C2)o1.Cl. The van der Waals surface area contributed by atoms with Crippen molar-refractivity contribution >= 4 is 18.4 Å². The van der Waals surface area contributed by atoms with Crippen LogP contribution in [-0.2, 0) is 6.54 Å². The molecule has 5 nitrogen and oxygen atoms in total. The summed E-state index contributed by atoms with van der Waals surface area (Å²) in [5.41, 5.74) is 0. The number of rotatable bonds is 4. The highest BCUT2D eigenvalue weighted by Gasteiger charge is 2.32. The van der Waals surface area contributed by atoms with Crippen molar-refractivity contribution in [1.29, 1.82) is 0 Å². The van der Waals surface area contributed by atoms with Gasteiger partial charge in [0, 0.05) is 13.1 Å². The maximum atomic E-state index is 5.68. The molecular formula is C14H25ClN4O. The van der Waals surface area contributed by atoms with Gasteiger partial charge in [-0.1, -0.05) is 37.2 Å². The molecule has 3 rings (SSSR count). The number of halogens is 1. The van der Waals surface area contributed by atoms with Crippen molar-refractivity contribution in [2.75, 3.05) is 25.0 Å². The molecule has 1 aromatic heterocycles. The Morgan fingerprint density at radius 2 is 1.95 bits per heavy atom. The Kier molecular flexibility index (Phi) is 5.66. The maximum absolute atomic E-state index is 5.68. The number of nitrogens with zero attached hydrogens (tertiary/aromatic N) is 3. The highest BCUT2D eigenvalue weighted by atomic mass is 35.5. The lowest BCUT2D eigenvalue weighted by molar-refractivity contribution is 0.264. The molecule has 20 heavy (non-hydrogen) atoms. The van der Waals surface area contributed by atoms with Gasteiger partial charge in [-0.05, 0) is 25.3 Å². The van der Waals surface area contributed by atoms with Crippen molar-refractivity contribution in [3.05, 3.63) is 5.89 Å². The van der Waals surface area contributed by atoms with Gasteiger partial charge in [-0.25, -0.2) is 0 Å². The van der Waals surface area contributed by atoms with Gasteiger partial charge in [0.15, 0.2) is 0 Å². The number of hydrogen-bond donors (Lipinski definition) is 1. The van der Waals surface area contributed by atoms with E-state index in [0.717, 1.165) is 24.9 Å². The fraction of sp³-hybridized carbons (Fsp3) is 0.857. The molecule has 2 heterocycles.